The Morgan fingerprint density at radius 2 is 2.17 bits per heavy atom. The van der Waals surface area contributed by atoms with Crippen LogP contribution in [0.2, 0.25) is 0 Å². The van der Waals surface area contributed by atoms with Crippen molar-refractivity contribution in [2.45, 2.75) is 12.8 Å². The second-order valence-electron chi connectivity index (χ2n) is 3.30. The normalized spacial score (nSPS) is 18.4. The maximum Gasteiger partial charge on any atom is 0.115 e. The van der Waals surface area contributed by atoms with Crippen molar-refractivity contribution in [1.29, 1.82) is 0 Å². The summed E-state index contributed by atoms with van der Waals surface area (Å²) in [5.74, 6) is 0. The molecule has 0 N–H and O–H groups in total. The summed E-state index contributed by atoms with van der Waals surface area (Å²) in [6.45, 7) is 2.24. The zero-order chi connectivity index (χ0) is 8.39. The summed E-state index contributed by atoms with van der Waals surface area (Å²) in [5, 5.41) is 0. The van der Waals surface area contributed by atoms with Crippen molar-refractivity contribution < 1.29 is 0 Å². The molecule has 12 heavy (non-hydrogen) atoms. The number of aromatic nitrogens is 2. The Kier molecular flexibility index (Phi) is 2.04. The van der Waals surface area contributed by atoms with E-state index in [1.165, 1.54) is 11.3 Å². The number of hydrogen-bond donors (Lipinski definition) is 0. The van der Waals surface area contributed by atoms with Gasteiger partial charge in [-0.15, -0.1) is 0 Å². The zero-order valence-electron chi connectivity index (χ0n) is 7.32. The molecule has 1 aliphatic rings. The third-order valence-corrected chi connectivity index (χ3v) is 2.37. The van der Waals surface area contributed by atoms with Crippen LogP contribution in [0.25, 0.3) is 0 Å². The van der Waals surface area contributed by atoms with Crippen LogP contribution >= 0.6 is 0 Å². The van der Waals surface area contributed by atoms with Crippen molar-refractivity contribution in [1.82, 2.24) is 14.9 Å². The van der Waals surface area contributed by atoms with Crippen LogP contribution in [0.1, 0.15) is 11.3 Å². The number of likely N-dealkylation sites (N-methyl/N-ethyl adjacent to an activating group) is 1. The Morgan fingerprint density at radius 1 is 1.33 bits per heavy atom. The predicted octanol–water partition coefficient (Wildman–Crippen LogP) is 0.507. The van der Waals surface area contributed by atoms with E-state index in [-0.39, 0.29) is 0 Å². The molecule has 2 rings (SSSR count). The summed E-state index contributed by atoms with van der Waals surface area (Å²) in [5.41, 5.74) is 2.55. The molecule has 1 aromatic rings. The summed E-state index contributed by atoms with van der Waals surface area (Å²) in [4.78, 5) is 10.6. The number of nitrogens with zero attached hydrogens (tertiary/aromatic N) is 3. The van der Waals surface area contributed by atoms with Crippen molar-refractivity contribution >= 4 is 0 Å². The molecule has 0 saturated heterocycles. The maximum atomic E-state index is 4.28. The van der Waals surface area contributed by atoms with Crippen LogP contribution in [-0.2, 0) is 12.8 Å². The molecule has 0 amide bonds. The van der Waals surface area contributed by atoms with E-state index < -0.39 is 0 Å². The minimum atomic E-state index is 1.06. The van der Waals surface area contributed by atoms with Crippen LogP contribution in [0.5, 0.6) is 0 Å². The van der Waals surface area contributed by atoms with Gasteiger partial charge in [0, 0.05) is 31.4 Å². The molecule has 3 nitrogen and oxygen atoms in total. The highest BCUT2D eigenvalue weighted by Crippen LogP contribution is 2.10. The summed E-state index contributed by atoms with van der Waals surface area (Å²) in [6, 6.07) is 0. The highest BCUT2D eigenvalue weighted by Gasteiger charge is 2.10. The Balaban J connectivity index is 2.26. The van der Waals surface area contributed by atoms with Crippen LogP contribution in [0, 0.1) is 0 Å². The lowest BCUT2D eigenvalue weighted by Crippen LogP contribution is -2.20. The molecule has 1 aromatic heterocycles. The number of fused-ring (bicyclic) bond motifs is 1. The van der Waals surface area contributed by atoms with Gasteiger partial charge in [-0.05, 0) is 19.0 Å². The van der Waals surface area contributed by atoms with E-state index in [1.807, 2.05) is 6.20 Å². The molecule has 0 aromatic carbocycles. The fraction of sp³-hybridized carbons (Fsp3) is 0.556. The smallest absolute Gasteiger partial charge is 0.115 e. The summed E-state index contributed by atoms with van der Waals surface area (Å²) in [6.07, 6.45) is 5.74. The van der Waals surface area contributed by atoms with Crippen LogP contribution in [0.3, 0.4) is 0 Å². The van der Waals surface area contributed by atoms with Gasteiger partial charge in [0.15, 0.2) is 0 Å². The quantitative estimate of drug-likeness (QED) is 0.558. The van der Waals surface area contributed by atoms with Gasteiger partial charge in [0.1, 0.15) is 6.33 Å². The molecule has 0 spiro atoms. The zero-order valence-corrected chi connectivity index (χ0v) is 7.32. The van der Waals surface area contributed by atoms with E-state index in [4.69, 9.17) is 0 Å². The van der Waals surface area contributed by atoms with Gasteiger partial charge < -0.3 is 4.90 Å². The average molecular weight is 163 g/mol. The topological polar surface area (TPSA) is 29.0 Å². The first-order chi connectivity index (χ1) is 5.86. The lowest BCUT2D eigenvalue weighted by atomic mass is 10.1. The van der Waals surface area contributed by atoms with E-state index in [2.05, 4.69) is 21.9 Å². The molecular formula is C9H13N3. The van der Waals surface area contributed by atoms with Crippen LogP contribution < -0.4 is 0 Å². The Morgan fingerprint density at radius 3 is 3.08 bits per heavy atom. The molecule has 0 saturated carbocycles. The van der Waals surface area contributed by atoms with Crippen molar-refractivity contribution in [3.8, 4) is 0 Å². The van der Waals surface area contributed by atoms with Crippen molar-refractivity contribution in [3.05, 3.63) is 23.8 Å². The van der Waals surface area contributed by atoms with E-state index in [9.17, 15) is 0 Å². The molecule has 1 aliphatic heterocycles. The van der Waals surface area contributed by atoms with E-state index in [0.717, 1.165) is 25.9 Å². The molecule has 0 bridgehead atoms. The monoisotopic (exact) mass is 163 g/mol. The minimum absolute atomic E-state index is 1.06. The number of rotatable bonds is 0. The van der Waals surface area contributed by atoms with E-state index >= 15 is 0 Å². The van der Waals surface area contributed by atoms with E-state index in [0.29, 0.717) is 0 Å². The second kappa shape index (κ2) is 3.19. The standard InChI is InChI=1S/C9H13N3/c1-12-4-2-8-6-10-7-11-9(8)3-5-12/h6-7H,2-5H2,1H3. The highest BCUT2D eigenvalue weighted by atomic mass is 15.1. The van der Waals surface area contributed by atoms with Gasteiger partial charge in [0.05, 0.1) is 0 Å². The molecule has 0 aliphatic carbocycles. The van der Waals surface area contributed by atoms with Gasteiger partial charge in [-0.2, -0.15) is 0 Å². The Labute approximate surface area is 72.4 Å². The predicted molar refractivity (Wildman–Crippen MR) is 46.9 cm³/mol. The molecule has 0 radical (unpaired) electrons. The van der Waals surface area contributed by atoms with Gasteiger partial charge in [-0.3, -0.25) is 0 Å². The molecule has 3 heteroatoms. The van der Waals surface area contributed by atoms with Crippen molar-refractivity contribution in [3.63, 3.8) is 0 Å². The van der Waals surface area contributed by atoms with Gasteiger partial charge in [-0.1, -0.05) is 0 Å². The fourth-order valence-electron chi connectivity index (χ4n) is 1.54. The fourth-order valence-corrected chi connectivity index (χ4v) is 1.54. The average Bonchev–Trinajstić information content (AvgIpc) is 2.29. The summed E-state index contributed by atoms with van der Waals surface area (Å²) >= 11 is 0. The van der Waals surface area contributed by atoms with Crippen molar-refractivity contribution in [2.75, 3.05) is 20.1 Å². The third-order valence-electron chi connectivity index (χ3n) is 2.37. The van der Waals surface area contributed by atoms with Crippen LogP contribution in [0.15, 0.2) is 12.5 Å². The summed E-state index contributed by atoms with van der Waals surface area (Å²) in [7, 11) is 2.15. The third kappa shape index (κ3) is 1.46. The maximum absolute atomic E-state index is 4.28. The van der Waals surface area contributed by atoms with Gasteiger partial charge in [0.2, 0.25) is 0 Å². The van der Waals surface area contributed by atoms with Gasteiger partial charge in [-0.25, -0.2) is 9.97 Å². The largest absolute Gasteiger partial charge is 0.306 e. The molecule has 0 atom stereocenters. The molecular weight excluding hydrogens is 150 g/mol. The van der Waals surface area contributed by atoms with E-state index in [1.54, 1.807) is 6.33 Å². The summed E-state index contributed by atoms with van der Waals surface area (Å²) < 4.78 is 0. The first-order valence-electron chi connectivity index (χ1n) is 4.32. The second-order valence-corrected chi connectivity index (χ2v) is 3.30. The van der Waals surface area contributed by atoms with Crippen molar-refractivity contribution in [2.24, 2.45) is 0 Å². The molecule has 64 valence electrons. The molecule has 0 fully saturated rings. The van der Waals surface area contributed by atoms with Crippen LogP contribution in [-0.4, -0.2) is 35.0 Å². The highest BCUT2D eigenvalue weighted by molar-refractivity contribution is 5.17. The first kappa shape index (κ1) is 7.68. The molecule has 0 unspecified atom stereocenters. The SMILES string of the molecule is CN1CCc2cncnc2CC1. The van der Waals surface area contributed by atoms with Gasteiger partial charge >= 0.3 is 0 Å². The number of hydrogen-bond acceptors (Lipinski definition) is 3. The first-order valence-corrected chi connectivity index (χ1v) is 4.32. The van der Waals surface area contributed by atoms with Crippen LogP contribution in [0.4, 0.5) is 0 Å². The minimum Gasteiger partial charge on any atom is -0.306 e. The molecule has 2 heterocycles. The lowest BCUT2D eigenvalue weighted by Gasteiger charge is -2.10. The van der Waals surface area contributed by atoms with Gasteiger partial charge in [0.25, 0.3) is 0 Å². The Bertz CT molecular complexity index is 245. The lowest BCUT2D eigenvalue weighted by molar-refractivity contribution is 0.352. The Hall–Kier alpha value is -0.960.